The molecule has 1 N–H and O–H groups in total. The van der Waals surface area contributed by atoms with Crippen molar-refractivity contribution in [1.29, 1.82) is 0 Å². The van der Waals surface area contributed by atoms with Crippen molar-refractivity contribution in [2.75, 3.05) is 11.9 Å². The summed E-state index contributed by atoms with van der Waals surface area (Å²) in [5.74, 6) is 2.11. The third kappa shape index (κ3) is 3.85. The van der Waals surface area contributed by atoms with Crippen molar-refractivity contribution in [3.63, 3.8) is 0 Å². The highest BCUT2D eigenvalue weighted by atomic mass is 35.5. The average molecular weight is 306 g/mol. The van der Waals surface area contributed by atoms with Crippen molar-refractivity contribution < 1.29 is 4.74 Å². The van der Waals surface area contributed by atoms with Gasteiger partial charge in [0.15, 0.2) is 0 Å². The lowest BCUT2D eigenvalue weighted by molar-refractivity contribution is 0.457. The summed E-state index contributed by atoms with van der Waals surface area (Å²) in [6.07, 6.45) is 3.41. The summed E-state index contributed by atoms with van der Waals surface area (Å²) >= 11 is 6.12. The second-order valence-electron chi connectivity index (χ2n) is 4.79. The van der Waals surface area contributed by atoms with Crippen molar-refractivity contribution in [1.82, 2.24) is 9.97 Å². The molecule has 0 aliphatic heterocycles. The number of anilines is 1. The first-order valence-corrected chi connectivity index (χ1v) is 7.55. The van der Waals surface area contributed by atoms with Crippen molar-refractivity contribution in [2.45, 2.75) is 33.6 Å². The van der Waals surface area contributed by atoms with Crippen LogP contribution in [-0.4, -0.2) is 16.5 Å². The molecule has 0 amide bonds. The van der Waals surface area contributed by atoms with Crippen LogP contribution in [0.1, 0.15) is 31.4 Å². The number of nitrogens with one attached hydrogen (secondary N) is 1. The first-order chi connectivity index (χ1) is 10.2. The molecule has 0 bridgehead atoms. The molecule has 0 saturated heterocycles. The van der Waals surface area contributed by atoms with Crippen LogP contribution in [0.25, 0.3) is 0 Å². The van der Waals surface area contributed by atoms with Gasteiger partial charge < -0.3 is 10.1 Å². The van der Waals surface area contributed by atoms with Crippen LogP contribution < -0.4 is 10.1 Å². The molecule has 0 atom stereocenters. The van der Waals surface area contributed by atoms with E-state index in [-0.39, 0.29) is 0 Å². The second kappa shape index (κ2) is 7.27. The minimum absolute atomic E-state index is 0.563. The third-order valence-electron chi connectivity index (χ3n) is 3.19. The summed E-state index contributed by atoms with van der Waals surface area (Å²) in [6.45, 7) is 7.00. The smallest absolute Gasteiger partial charge is 0.227 e. The van der Waals surface area contributed by atoms with Gasteiger partial charge >= 0.3 is 0 Å². The molecule has 1 aromatic heterocycles. The number of aryl methyl sites for hydroxylation is 1. The lowest BCUT2D eigenvalue weighted by Gasteiger charge is -2.12. The first-order valence-electron chi connectivity index (χ1n) is 7.17. The summed E-state index contributed by atoms with van der Waals surface area (Å²) in [5.41, 5.74) is 1.96. The Bertz CT molecular complexity index is 616. The fraction of sp³-hybridized carbons (Fsp3) is 0.375. The van der Waals surface area contributed by atoms with Crippen molar-refractivity contribution in [2.24, 2.45) is 0 Å². The highest BCUT2D eigenvalue weighted by molar-refractivity contribution is 6.31. The number of hydrogen-bond acceptors (Lipinski definition) is 4. The monoisotopic (exact) mass is 305 g/mol. The lowest BCUT2D eigenvalue weighted by atomic mass is 10.1. The Labute approximate surface area is 130 Å². The molecule has 0 spiro atoms. The standard InChI is InChI=1S/C16H20ClN3O/c1-4-8-18-15-11(3)16(20-10-19-15)21-13-6-7-14(17)12(5-2)9-13/h6-7,9-10H,4-5,8H2,1-3H3,(H,18,19,20). The van der Waals surface area contributed by atoms with E-state index < -0.39 is 0 Å². The number of halogens is 1. The van der Waals surface area contributed by atoms with Crippen molar-refractivity contribution in [3.8, 4) is 11.6 Å². The predicted octanol–water partition coefficient (Wildman–Crippen LogP) is 4.62. The van der Waals surface area contributed by atoms with Gasteiger partial charge in [0.2, 0.25) is 5.88 Å². The molecule has 1 aromatic carbocycles. The largest absolute Gasteiger partial charge is 0.439 e. The molecule has 0 aliphatic carbocycles. The van der Waals surface area contributed by atoms with E-state index in [0.29, 0.717) is 5.88 Å². The Morgan fingerprint density at radius 1 is 1.24 bits per heavy atom. The molecule has 2 aromatic rings. The van der Waals surface area contributed by atoms with Crippen molar-refractivity contribution >= 4 is 17.4 Å². The molecule has 112 valence electrons. The maximum absolute atomic E-state index is 6.12. The Morgan fingerprint density at radius 2 is 2.05 bits per heavy atom. The lowest BCUT2D eigenvalue weighted by Crippen LogP contribution is -2.05. The van der Waals surface area contributed by atoms with Gasteiger partial charge in [0, 0.05) is 11.6 Å². The maximum atomic E-state index is 6.12. The van der Waals surface area contributed by atoms with Crippen LogP contribution in [0.2, 0.25) is 5.02 Å². The maximum Gasteiger partial charge on any atom is 0.227 e. The van der Waals surface area contributed by atoms with Crippen LogP contribution in [0.5, 0.6) is 11.6 Å². The minimum atomic E-state index is 0.563. The summed E-state index contributed by atoms with van der Waals surface area (Å²) in [4.78, 5) is 8.46. The number of rotatable bonds is 6. The minimum Gasteiger partial charge on any atom is -0.439 e. The fourth-order valence-electron chi connectivity index (χ4n) is 1.96. The first kappa shape index (κ1) is 15.6. The number of benzene rings is 1. The number of hydrogen-bond donors (Lipinski definition) is 1. The van der Waals surface area contributed by atoms with Gasteiger partial charge in [0.05, 0.1) is 5.56 Å². The van der Waals surface area contributed by atoms with Gasteiger partial charge in [-0.15, -0.1) is 0 Å². The van der Waals surface area contributed by atoms with E-state index in [0.717, 1.165) is 47.1 Å². The molecular weight excluding hydrogens is 286 g/mol. The van der Waals surface area contributed by atoms with Gasteiger partial charge in [-0.25, -0.2) is 9.97 Å². The number of nitrogens with zero attached hydrogens (tertiary/aromatic N) is 2. The van der Waals surface area contributed by atoms with Crippen LogP contribution in [-0.2, 0) is 6.42 Å². The van der Waals surface area contributed by atoms with Gasteiger partial charge in [0.25, 0.3) is 0 Å². The molecule has 1 heterocycles. The van der Waals surface area contributed by atoms with Gasteiger partial charge in [-0.05, 0) is 43.5 Å². The Hall–Kier alpha value is -1.81. The van der Waals surface area contributed by atoms with Gasteiger partial charge in [-0.1, -0.05) is 25.4 Å². The molecule has 21 heavy (non-hydrogen) atoms. The van der Waals surface area contributed by atoms with Crippen molar-refractivity contribution in [3.05, 3.63) is 40.7 Å². The average Bonchev–Trinajstić information content (AvgIpc) is 2.50. The number of ether oxygens (including phenoxy) is 1. The Kier molecular flexibility index (Phi) is 5.39. The van der Waals surface area contributed by atoms with E-state index in [9.17, 15) is 0 Å². The normalized spacial score (nSPS) is 10.5. The Balaban J connectivity index is 2.23. The van der Waals surface area contributed by atoms with Gasteiger partial charge in [0.1, 0.15) is 17.9 Å². The summed E-state index contributed by atoms with van der Waals surface area (Å²) in [6, 6.07) is 5.65. The molecule has 0 saturated carbocycles. The van der Waals surface area contributed by atoms with Crippen LogP contribution in [0.3, 0.4) is 0 Å². The molecule has 0 unspecified atom stereocenters. The van der Waals surface area contributed by atoms with E-state index in [1.807, 2.05) is 25.1 Å². The van der Waals surface area contributed by atoms with E-state index in [1.54, 1.807) is 0 Å². The van der Waals surface area contributed by atoms with E-state index in [1.165, 1.54) is 6.33 Å². The number of aromatic nitrogens is 2. The molecule has 0 radical (unpaired) electrons. The van der Waals surface area contributed by atoms with Gasteiger partial charge in [-0.3, -0.25) is 0 Å². The summed E-state index contributed by atoms with van der Waals surface area (Å²) in [5, 5.41) is 4.03. The zero-order valence-electron chi connectivity index (χ0n) is 12.6. The van der Waals surface area contributed by atoms with Crippen LogP contribution in [0, 0.1) is 6.92 Å². The van der Waals surface area contributed by atoms with Crippen LogP contribution in [0.4, 0.5) is 5.82 Å². The SMILES string of the molecule is CCCNc1ncnc(Oc2ccc(Cl)c(CC)c2)c1C. The van der Waals surface area contributed by atoms with E-state index >= 15 is 0 Å². The molecule has 2 rings (SSSR count). The highest BCUT2D eigenvalue weighted by Crippen LogP contribution is 2.29. The molecule has 0 fully saturated rings. The van der Waals surface area contributed by atoms with E-state index in [2.05, 4.69) is 29.1 Å². The van der Waals surface area contributed by atoms with Crippen LogP contribution >= 0.6 is 11.6 Å². The fourth-order valence-corrected chi connectivity index (χ4v) is 2.21. The van der Waals surface area contributed by atoms with E-state index in [4.69, 9.17) is 16.3 Å². The molecule has 0 aliphatic rings. The second-order valence-corrected chi connectivity index (χ2v) is 5.20. The molecule has 4 nitrogen and oxygen atoms in total. The molecule has 5 heteroatoms. The Morgan fingerprint density at radius 3 is 2.76 bits per heavy atom. The molecular formula is C16H20ClN3O. The topological polar surface area (TPSA) is 47.0 Å². The predicted molar refractivity (Wildman–Crippen MR) is 86.5 cm³/mol. The third-order valence-corrected chi connectivity index (χ3v) is 3.56. The summed E-state index contributed by atoms with van der Waals surface area (Å²) in [7, 11) is 0. The summed E-state index contributed by atoms with van der Waals surface area (Å²) < 4.78 is 5.88. The van der Waals surface area contributed by atoms with Gasteiger partial charge in [-0.2, -0.15) is 0 Å². The zero-order chi connectivity index (χ0) is 15.2. The van der Waals surface area contributed by atoms with Crippen LogP contribution in [0.15, 0.2) is 24.5 Å². The highest BCUT2D eigenvalue weighted by Gasteiger charge is 2.09. The quantitative estimate of drug-likeness (QED) is 0.846. The zero-order valence-corrected chi connectivity index (χ0v) is 13.4.